The van der Waals surface area contributed by atoms with E-state index in [-0.39, 0.29) is 24.4 Å². The summed E-state index contributed by atoms with van der Waals surface area (Å²) in [6.45, 7) is 5.66. The number of halogens is 1. The second kappa shape index (κ2) is 7.64. The van der Waals surface area contributed by atoms with Gasteiger partial charge < -0.3 is 15.2 Å². The molecule has 1 aromatic heterocycles. The molecule has 0 saturated carbocycles. The monoisotopic (exact) mass is 301 g/mol. The molecule has 0 spiro atoms. The molecule has 0 unspecified atom stereocenters. The zero-order chi connectivity index (χ0) is 13.8. The second-order valence-electron chi connectivity index (χ2n) is 5.26. The maximum atomic E-state index is 12.3. The average molecular weight is 302 g/mol. The number of hydrogen-bond donors (Lipinski definition) is 1. The number of aromatic nitrogens is 1. The molecule has 2 N–H and O–H groups in total. The first kappa shape index (κ1) is 17.0. The van der Waals surface area contributed by atoms with Crippen LogP contribution in [-0.2, 0) is 0 Å². The quantitative estimate of drug-likeness (QED) is 0.927. The van der Waals surface area contributed by atoms with Crippen molar-refractivity contribution in [1.29, 1.82) is 0 Å². The van der Waals surface area contributed by atoms with Crippen molar-refractivity contribution >= 4 is 18.3 Å². The van der Waals surface area contributed by atoms with Crippen molar-refractivity contribution in [2.24, 2.45) is 5.73 Å². The van der Waals surface area contributed by atoms with E-state index in [9.17, 15) is 4.79 Å². The molecule has 2 rings (SSSR count). The van der Waals surface area contributed by atoms with Crippen LogP contribution in [0.4, 0.5) is 0 Å². The highest BCUT2D eigenvalue weighted by atomic mass is 35.5. The number of nitrogens with two attached hydrogens (primary N) is 1. The van der Waals surface area contributed by atoms with Crippen molar-refractivity contribution in [1.82, 2.24) is 10.1 Å². The van der Waals surface area contributed by atoms with Gasteiger partial charge in [0.2, 0.25) is 5.76 Å². The predicted octanol–water partition coefficient (Wildman–Crippen LogP) is 2.56. The van der Waals surface area contributed by atoms with Crippen LogP contribution in [0.3, 0.4) is 0 Å². The summed E-state index contributed by atoms with van der Waals surface area (Å²) in [5, 5.41) is 4.04. The summed E-state index contributed by atoms with van der Waals surface area (Å²) in [7, 11) is 0. The Bertz CT molecular complexity index is 424. The molecule has 0 bridgehead atoms. The molecule has 1 aliphatic rings. The topological polar surface area (TPSA) is 72.4 Å². The van der Waals surface area contributed by atoms with Crippen LogP contribution >= 0.6 is 12.4 Å². The van der Waals surface area contributed by atoms with E-state index in [0.717, 1.165) is 31.4 Å². The number of hydrogen-bond acceptors (Lipinski definition) is 4. The van der Waals surface area contributed by atoms with Crippen LogP contribution in [0.5, 0.6) is 0 Å². The number of rotatable bonds is 4. The summed E-state index contributed by atoms with van der Waals surface area (Å²) in [6, 6.07) is 2.02. The third-order valence-electron chi connectivity index (χ3n) is 3.97. The van der Waals surface area contributed by atoms with Crippen molar-refractivity contribution in [2.75, 3.05) is 13.1 Å². The first-order chi connectivity index (χ1) is 9.15. The molecule has 114 valence electrons. The van der Waals surface area contributed by atoms with Crippen molar-refractivity contribution < 1.29 is 9.32 Å². The van der Waals surface area contributed by atoms with Gasteiger partial charge in [-0.3, -0.25) is 4.79 Å². The molecule has 1 aromatic rings. The van der Waals surface area contributed by atoms with Gasteiger partial charge in [0, 0.05) is 31.1 Å². The molecule has 5 nitrogen and oxygen atoms in total. The SMILES string of the molecule is CCC(CC)c1cc(C(=O)N2CCC(N)CC2)on1.Cl. The summed E-state index contributed by atoms with van der Waals surface area (Å²) >= 11 is 0. The Balaban J connectivity index is 0.00000200. The molecule has 1 saturated heterocycles. The largest absolute Gasteiger partial charge is 0.351 e. The van der Waals surface area contributed by atoms with E-state index in [1.54, 1.807) is 11.0 Å². The Labute approximate surface area is 126 Å². The lowest BCUT2D eigenvalue weighted by Gasteiger charge is -2.29. The van der Waals surface area contributed by atoms with Crippen molar-refractivity contribution in [3.8, 4) is 0 Å². The minimum Gasteiger partial charge on any atom is -0.351 e. The average Bonchev–Trinajstić information content (AvgIpc) is 2.90. The number of nitrogens with zero attached hydrogens (tertiary/aromatic N) is 2. The van der Waals surface area contributed by atoms with Gasteiger partial charge in [-0.05, 0) is 25.7 Å². The van der Waals surface area contributed by atoms with Gasteiger partial charge in [-0.25, -0.2) is 0 Å². The first-order valence-electron chi connectivity index (χ1n) is 7.17. The highest BCUT2D eigenvalue weighted by molar-refractivity contribution is 5.91. The van der Waals surface area contributed by atoms with Crippen LogP contribution in [0.25, 0.3) is 0 Å². The molecule has 6 heteroatoms. The predicted molar refractivity (Wildman–Crippen MR) is 80.2 cm³/mol. The maximum absolute atomic E-state index is 12.3. The molecule has 1 fully saturated rings. The van der Waals surface area contributed by atoms with E-state index in [0.29, 0.717) is 24.8 Å². The molecule has 0 aromatic carbocycles. The van der Waals surface area contributed by atoms with Crippen LogP contribution < -0.4 is 5.73 Å². The highest BCUT2D eigenvalue weighted by Crippen LogP contribution is 2.23. The second-order valence-corrected chi connectivity index (χ2v) is 5.26. The Morgan fingerprint density at radius 1 is 1.45 bits per heavy atom. The standard InChI is InChI=1S/C14H23N3O2.ClH/c1-3-10(4-2)12-9-13(19-16-12)14(18)17-7-5-11(15)6-8-17;/h9-11H,3-8,15H2,1-2H3;1H. The van der Waals surface area contributed by atoms with E-state index in [1.807, 2.05) is 0 Å². The fourth-order valence-electron chi connectivity index (χ4n) is 2.55. The van der Waals surface area contributed by atoms with Gasteiger partial charge in [-0.1, -0.05) is 19.0 Å². The zero-order valence-electron chi connectivity index (χ0n) is 12.2. The van der Waals surface area contributed by atoms with Crippen LogP contribution in [0.1, 0.15) is 61.7 Å². The lowest BCUT2D eigenvalue weighted by atomic mass is 9.99. The number of carbonyl (C=O) groups excluding carboxylic acids is 1. The first-order valence-corrected chi connectivity index (χ1v) is 7.17. The van der Waals surface area contributed by atoms with Gasteiger partial charge in [0.1, 0.15) is 0 Å². The van der Waals surface area contributed by atoms with Gasteiger partial charge in [0.15, 0.2) is 0 Å². The molecule has 0 aliphatic carbocycles. The number of piperidine rings is 1. The lowest BCUT2D eigenvalue weighted by Crippen LogP contribution is -2.42. The van der Waals surface area contributed by atoms with Crippen molar-refractivity contribution in [3.63, 3.8) is 0 Å². The van der Waals surface area contributed by atoms with Crippen molar-refractivity contribution in [3.05, 3.63) is 17.5 Å². The number of amides is 1. The summed E-state index contributed by atoms with van der Waals surface area (Å²) in [4.78, 5) is 14.1. The Kier molecular flexibility index (Phi) is 6.49. The van der Waals surface area contributed by atoms with Crippen LogP contribution in [0.2, 0.25) is 0 Å². The summed E-state index contributed by atoms with van der Waals surface area (Å²) in [5.41, 5.74) is 6.73. The molecule has 1 amide bonds. The third kappa shape index (κ3) is 3.73. The van der Waals surface area contributed by atoms with Gasteiger partial charge >= 0.3 is 0 Å². The normalized spacial score (nSPS) is 16.3. The van der Waals surface area contributed by atoms with Gasteiger partial charge in [-0.2, -0.15) is 0 Å². The molecular weight excluding hydrogens is 278 g/mol. The van der Waals surface area contributed by atoms with E-state index in [4.69, 9.17) is 10.3 Å². The summed E-state index contributed by atoms with van der Waals surface area (Å²) in [6.07, 6.45) is 3.74. The van der Waals surface area contributed by atoms with Gasteiger partial charge in [0.25, 0.3) is 5.91 Å². The Hall–Kier alpha value is -1.07. The molecule has 0 atom stereocenters. The fourth-order valence-corrected chi connectivity index (χ4v) is 2.55. The number of likely N-dealkylation sites (tertiary alicyclic amines) is 1. The van der Waals surface area contributed by atoms with Crippen LogP contribution in [0.15, 0.2) is 10.6 Å². The fraction of sp³-hybridized carbons (Fsp3) is 0.714. The molecule has 0 radical (unpaired) electrons. The highest BCUT2D eigenvalue weighted by Gasteiger charge is 2.25. The van der Waals surface area contributed by atoms with Crippen molar-refractivity contribution in [2.45, 2.75) is 51.5 Å². The maximum Gasteiger partial charge on any atom is 0.292 e. The van der Waals surface area contributed by atoms with E-state index >= 15 is 0 Å². The summed E-state index contributed by atoms with van der Waals surface area (Å²) < 4.78 is 5.22. The molecule has 1 aliphatic heterocycles. The zero-order valence-corrected chi connectivity index (χ0v) is 13.0. The summed E-state index contributed by atoms with van der Waals surface area (Å²) in [5.74, 6) is 0.675. The molecular formula is C14H24ClN3O2. The van der Waals surface area contributed by atoms with Crippen LogP contribution in [-0.4, -0.2) is 35.1 Å². The minimum absolute atomic E-state index is 0. The van der Waals surface area contributed by atoms with Crippen LogP contribution in [0, 0.1) is 0 Å². The Morgan fingerprint density at radius 3 is 2.60 bits per heavy atom. The minimum atomic E-state index is -0.0587. The van der Waals surface area contributed by atoms with E-state index in [1.165, 1.54) is 0 Å². The third-order valence-corrected chi connectivity index (χ3v) is 3.97. The number of carbonyl (C=O) groups is 1. The molecule has 2 heterocycles. The lowest BCUT2D eigenvalue weighted by molar-refractivity contribution is 0.0672. The van der Waals surface area contributed by atoms with E-state index in [2.05, 4.69) is 19.0 Å². The van der Waals surface area contributed by atoms with Gasteiger partial charge in [0.05, 0.1) is 5.69 Å². The Morgan fingerprint density at radius 2 is 2.05 bits per heavy atom. The smallest absolute Gasteiger partial charge is 0.292 e. The van der Waals surface area contributed by atoms with Gasteiger partial charge in [-0.15, -0.1) is 12.4 Å². The molecule has 20 heavy (non-hydrogen) atoms. The van der Waals surface area contributed by atoms with E-state index < -0.39 is 0 Å².